The predicted octanol–water partition coefficient (Wildman–Crippen LogP) is 3.60. The second-order valence-electron chi connectivity index (χ2n) is 4.19. The smallest absolute Gasteiger partial charge is 0.0765 e. The highest BCUT2D eigenvalue weighted by molar-refractivity contribution is 9.10. The summed E-state index contributed by atoms with van der Waals surface area (Å²) in [6.07, 6.45) is 1.87. The molecule has 0 bridgehead atoms. The lowest BCUT2D eigenvalue weighted by atomic mass is 10.1. The van der Waals surface area contributed by atoms with Gasteiger partial charge in [-0.3, -0.25) is 4.68 Å². The van der Waals surface area contributed by atoms with Crippen molar-refractivity contribution in [2.45, 2.75) is 25.9 Å². The normalized spacial score (nSPS) is 13.2. The highest BCUT2D eigenvalue weighted by Crippen LogP contribution is 2.31. The van der Waals surface area contributed by atoms with Crippen LogP contribution in [-0.2, 0) is 0 Å². The average molecular weight is 314 g/mol. The number of hydrogen-bond donors (Lipinski definition) is 1. The van der Waals surface area contributed by atoms with Gasteiger partial charge in [-0.05, 0) is 59.2 Å². The van der Waals surface area contributed by atoms with Crippen LogP contribution in [0.4, 0.5) is 0 Å². The summed E-state index contributed by atoms with van der Waals surface area (Å²) >= 11 is 5.31. The van der Waals surface area contributed by atoms with Crippen LogP contribution in [0, 0.1) is 0 Å². The number of hydrogen-bond acceptors (Lipinski definition) is 3. The van der Waals surface area contributed by atoms with Crippen molar-refractivity contribution in [1.82, 2.24) is 15.1 Å². The van der Waals surface area contributed by atoms with E-state index >= 15 is 0 Å². The monoisotopic (exact) mass is 313 g/mol. The number of rotatable bonds is 4. The van der Waals surface area contributed by atoms with Crippen LogP contribution in [0.3, 0.4) is 0 Å². The van der Waals surface area contributed by atoms with Crippen LogP contribution in [0.25, 0.3) is 0 Å². The Bertz CT molecular complexity index is 476. The molecular formula is C12H16BrN3S. The molecule has 2 heterocycles. The quantitative estimate of drug-likeness (QED) is 0.934. The van der Waals surface area contributed by atoms with Gasteiger partial charge in [0.05, 0.1) is 22.4 Å². The Kier molecular flexibility index (Phi) is 4.01. The lowest BCUT2D eigenvalue weighted by Crippen LogP contribution is -2.22. The third kappa shape index (κ3) is 2.46. The van der Waals surface area contributed by atoms with E-state index in [-0.39, 0.29) is 6.04 Å². The Morgan fingerprint density at radius 3 is 2.76 bits per heavy atom. The molecule has 0 aliphatic rings. The van der Waals surface area contributed by atoms with E-state index in [0.29, 0.717) is 6.04 Å². The largest absolute Gasteiger partial charge is 0.308 e. The maximum Gasteiger partial charge on any atom is 0.0765 e. The van der Waals surface area contributed by atoms with E-state index in [2.05, 4.69) is 61.7 Å². The minimum absolute atomic E-state index is 0.181. The van der Waals surface area contributed by atoms with Crippen molar-refractivity contribution in [1.29, 1.82) is 0 Å². The van der Waals surface area contributed by atoms with Crippen molar-refractivity contribution in [2.24, 2.45) is 0 Å². The van der Waals surface area contributed by atoms with Gasteiger partial charge in [-0.15, -0.1) is 0 Å². The van der Waals surface area contributed by atoms with E-state index in [1.807, 2.05) is 13.2 Å². The Balaban J connectivity index is 2.47. The standard InChI is InChI=1S/C12H16BrN3S/c1-8(2)16-12(10(13)6-15-16)11(14-3)9-4-5-17-7-9/h4-8,11,14H,1-3H3. The van der Waals surface area contributed by atoms with Crippen molar-refractivity contribution in [3.05, 3.63) is 38.8 Å². The first-order valence-corrected chi connectivity index (χ1v) is 7.31. The number of aromatic nitrogens is 2. The van der Waals surface area contributed by atoms with Gasteiger partial charge >= 0.3 is 0 Å². The van der Waals surface area contributed by atoms with Crippen molar-refractivity contribution in [3.8, 4) is 0 Å². The molecule has 2 rings (SSSR count). The van der Waals surface area contributed by atoms with Gasteiger partial charge in [-0.1, -0.05) is 0 Å². The predicted molar refractivity (Wildman–Crippen MR) is 75.5 cm³/mol. The second kappa shape index (κ2) is 5.33. The molecule has 1 unspecified atom stereocenters. The molecule has 3 nitrogen and oxygen atoms in total. The number of nitrogens with one attached hydrogen (secondary N) is 1. The van der Waals surface area contributed by atoms with Gasteiger partial charge in [-0.25, -0.2) is 0 Å². The van der Waals surface area contributed by atoms with Crippen molar-refractivity contribution < 1.29 is 0 Å². The highest BCUT2D eigenvalue weighted by Gasteiger charge is 2.21. The summed E-state index contributed by atoms with van der Waals surface area (Å²) in [6, 6.07) is 2.68. The van der Waals surface area contributed by atoms with Gasteiger partial charge in [0, 0.05) is 6.04 Å². The van der Waals surface area contributed by atoms with Gasteiger partial charge in [0.2, 0.25) is 0 Å². The first kappa shape index (κ1) is 12.8. The summed E-state index contributed by atoms with van der Waals surface area (Å²) < 4.78 is 3.11. The molecular weight excluding hydrogens is 298 g/mol. The molecule has 1 atom stereocenters. The van der Waals surface area contributed by atoms with Gasteiger partial charge in [-0.2, -0.15) is 16.4 Å². The van der Waals surface area contributed by atoms with Gasteiger partial charge < -0.3 is 5.32 Å². The Labute approximate surface area is 114 Å². The topological polar surface area (TPSA) is 29.9 Å². The SMILES string of the molecule is CNC(c1ccsc1)c1c(Br)cnn1C(C)C. The number of thiophene rings is 1. The Morgan fingerprint density at radius 1 is 1.47 bits per heavy atom. The van der Waals surface area contributed by atoms with Crippen LogP contribution in [0.2, 0.25) is 0 Å². The zero-order valence-corrected chi connectivity index (χ0v) is 12.5. The molecule has 0 aliphatic carbocycles. The highest BCUT2D eigenvalue weighted by atomic mass is 79.9. The maximum atomic E-state index is 4.43. The lowest BCUT2D eigenvalue weighted by molar-refractivity contribution is 0.483. The lowest BCUT2D eigenvalue weighted by Gasteiger charge is -2.20. The first-order chi connectivity index (χ1) is 8.15. The van der Waals surface area contributed by atoms with E-state index in [4.69, 9.17) is 0 Å². The van der Waals surface area contributed by atoms with Crippen LogP contribution < -0.4 is 5.32 Å². The first-order valence-electron chi connectivity index (χ1n) is 5.57. The molecule has 0 amide bonds. The van der Waals surface area contributed by atoms with Crippen LogP contribution in [0.5, 0.6) is 0 Å². The van der Waals surface area contributed by atoms with E-state index < -0.39 is 0 Å². The molecule has 0 aliphatic heterocycles. The van der Waals surface area contributed by atoms with E-state index in [0.717, 1.165) is 4.47 Å². The zero-order valence-electron chi connectivity index (χ0n) is 10.1. The van der Waals surface area contributed by atoms with Crippen LogP contribution >= 0.6 is 27.3 Å². The summed E-state index contributed by atoms with van der Waals surface area (Å²) in [6.45, 7) is 4.28. The van der Waals surface area contributed by atoms with Gasteiger partial charge in [0.1, 0.15) is 0 Å². The summed E-state index contributed by atoms with van der Waals surface area (Å²) in [5, 5.41) is 12.1. The molecule has 2 aromatic rings. The van der Waals surface area contributed by atoms with Gasteiger partial charge in [0.25, 0.3) is 0 Å². The molecule has 1 N–H and O–H groups in total. The maximum absolute atomic E-state index is 4.43. The van der Waals surface area contributed by atoms with E-state index in [9.17, 15) is 0 Å². The zero-order chi connectivity index (χ0) is 12.4. The molecule has 0 saturated carbocycles. The molecule has 2 aromatic heterocycles. The fraction of sp³-hybridized carbons (Fsp3) is 0.417. The van der Waals surface area contributed by atoms with E-state index in [1.54, 1.807) is 11.3 Å². The van der Waals surface area contributed by atoms with Crippen LogP contribution in [-0.4, -0.2) is 16.8 Å². The summed E-state index contributed by atoms with van der Waals surface area (Å²) in [5.74, 6) is 0. The second-order valence-corrected chi connectivity index (χ2v) is 5.83. The Morgan fingerprint density at radius 2 is 2.24 bits per heavy atom. The molecule has 0 fully saturated rings. The molecule has 0 saturated heterocycles. The third-order valence-corrected chi connectivity index (χ3v) is 4.03. The van der Waals surface area contributed by atoms with Crippen molar-refractivity contribution in [3.63, 3.8) is 0 Å². The third-order valence-electron chi connectivity index (χ3n) is 2.71. The molecule has 0 radical (unpaired) electrons. The molecule has 17 heavy (non-hydrogen) atoms. The molecule has 5 heteroatoms. The minimum atomic E-state index is 0.181. The van der Waals surface area contributed by atoms with Crippen LogP contribution in [0.15, 0.2) is 27.5 Å². The van der Waals surface area contributed by atoms with Crippen molar-refractivity contribution >= 4 is 27.3 Å². The van der Waals surface area contributed by atoms with Gasteiger partial charge in [0.15, 0.2) is 0 Å². The van der Waals surface area contributed by atoms with Crippen molar-refractivity contribution in [2.75, 3.05) is 7.05 Å². The van der Waals surface area contributed by atoms with Crippen LogP contribution in [0.1, 0.15) is 37.2 Å². The van der Waals surface area contributed by atoms with E-state index in [1.165, 1.54) is 11.3 Å². The fourth-order valence-corrected chi connectivity index (χ4v) is 3.12. The summed E-state index contributed by atoms with van der Waals surface area (Å²) in [7, 11) is 1.98. The summed E-state index contributed by atoms with van der Waals surface area (Å²) in [5.41, 5.74) is 2.46. The fourth-order valence-electron chi connectivity index (χ4n) is 1.93. The average Bonchev–Trinajstić information content (AvgIpc) is 2.91. The minimum Gasteiger partial charge on any atom is -0.308 e. The molecule has 0 spiro atoms. The molecule has 0 aromatic carbocycles. The summed E-state index contributed by atoms with van der Waals surface area (Å²) in [4.78, 5) is 0. The molecule has 92 valence electrons. The number of halogens is 1. The Hall–Kier alpha value is -0.650. The number of nitrogens with zero attached hydrogens (tertiary/aromatic N) is 2.